The molecule has 0 aromatic heterocycles. The number of hydrazine groups is 1. The van der Waals surface area contributed by atoms with Crippen LogP contribution < -0.4 is 10.9 Å². The first-order valence-electron chi connectivity index (χ1n) is 9.69. The fraction of sp³-hybridized carbons (Fsp3) is 0.474. The SMILES string of the molecule is O=C(CSC1=NNC2C3CC(c4ccc(F)cc4)NN3C=CN12)N1CCCC1. The zero-order chi connectivity index (χ0) is 19.1. The van der Waals surface area contributed by atoms with E-state index in [1.165, 1.54) is 23.9 Å². The molecule has 0 aliphatic carbocycles. The van der Waals surface area contributed by atoms with Gasteiger partial charge in [0.15, 0.2) is 5.17 Å². The molecule has 1 amide bonds. The molecular formula is C19H23FN6OS. The minimum Gasteiger partial charge on any atom is -0.342 e. The quantitative estimate of drug-likeness (QED) is 0.804. The maximum absolute atomic E-state index is 13.2. The van der Waals surface area contributed by atoms with E-state index in [1.54, 1.807) is 0 Å². The minimum atomic E-state index is -0.221. The lowest BCUT2D eigenvalue weighted by molar-refractivity contribution is -0.127. The fourth-order valence-corrected chi connectivity index (χ4v) is 5.12. The highest BCUT2D eigenvalue weighted by atomic mass is 32.2. The van der Waals surface area contributed by atoms with Crippen molar-refractivity contribution in [2.45, 2.75) is 37.5 Å². The number of hydrogen-bond donors (Lipinski definition) is 2. The van der Waals surface area contributed by atoms with Gasteiger partial charge in [-0.15, -0.1) is 0 Å². The number of rotatable bonds is 3. The summed E-state index contributed by atoms with van der Waals surface area (Å²) in [7, 11) is 0. The molecular weight excluding hydrogens is 379 g/mol. The van der Waals surface area contributed by atoms with Gasteiger partial charge in [0.1, 0.15) is 12.0 Å². The topological polar surface area (TPSA) is 63.2 Å². The van der Waals surface area contributed by atoms with Crippen LogP contribution in [-0.2, 0) is 4.79 Å². The number of likely N-dealkylation sites (tertiary alicyclic amines) is 1. The number of nitrogens with zero attached hydrogens (tertiary/aromatic N) is 4. The predicted molar refractivity (Wildman–Crippen MR) is 106 cm³/mol. The summed E-state index contributed by atoms with van der Waals surface area (Å²) in [5, 5.41) is 7.41. The van der Waals surface area contributed by atoms with E-state index in [4.69, 9.17) is 0 Å². The highest BCUT2D eigenvalue weighted by Crippen LogP contribution is 2.35. The molecule has 1 aromatic rings. The van der Waals surface area contributed by atoms with Crippen LogP contribution in [0.3, 0.4) is 0 Å². The molecule has 1 aromatic carbocycles. The molecule has 4 aliphatic heterocycles. The van der Waals surface area contributed by atoms with Crippen LogP contribution in [0.4, 0.5) is 4.39 Å². The molecule has 28 heavy (non-hydrogen) atoms. The molecule has 2 saturated heterocycles. The summed E-state index contributed by atoms with van der Waals surface area (Å²) in [6, 6.07) is 6.98. The molecule has 0 bridgehead atoms. The Morgan fingerprint density at radius 1 is 1.21 bits per heavy atom. The molecule has 2 N–H and O–H groups in total. The van der Waals surface area contributed by atoms with E-state index in [-0.39, 0.29) is 30.0 Å². The highest BCUT2D eigenvalue weighted by molar-refractivity contribution is 8.14. The van der Waals surface area contributed by atoms with Crippen molar-refractivity contribution >= 4 is 22.8 Å². The lowest BCUT2D eigenvalue weighted by Gasteiger charge is -2.36. The van der Waals surface area contributed by atoms with E-state index >= 15 is 0 Å². The van der Waals surface area contributed by atoms with E-state index in [9.17, 15) is 9.18 Å². The second-order valence-electron chi connectivity index (χ2n) is 7.49. The minimum absolute atomic E-state index is 0.0207. The molecule has 7 nitrogen and oxygen atoms in total. The van der Waals surface area contributed by atoms with Gasteiger partial charge >= 0.3 is 0 Å². The summed E-state index contributed by atoms with van der Waals surface area (Å²) in [5.74, 6) is 0.388. The monoisotopic (exact) mass is 402 g/mol. The normalized spacial score (nSPS) is 28.2. The molecule has 0 saturated carbocycles. The third kappa shape index (κ3) is 3.22. The number of carbonyl (C=O) groups excluding carboxylic acids is 1. The largest absolute Gasteiger partial charge is 0.342 e. The Morgan fingerprint density at radius 2 is 2.00 bits per heavy atom. The Labute approximate surface area is 167 Å². The summed E-state index contributed by atoms with van der Waals surface area (Å²) in [6.45, 7) is 1.76. The Balaban J connectivity index is 1.21. The molecule has 3 unspecified atom stereocenters. The van der Waals surface area contributed by atoms with Crippen molar-refractivity contribution in [2.75, 3.05) is 18.8 Å². The van der Waals surface area contributed by atoms with Crippen LogP contribution in [0.1, 0.15) is 30.9 Å². The molecule has 9 heteroatoms. The third-order valence-electron chi connectivity index (χ3n) is 5.76. The van der Waals surface area contributed by atoms with Crippen molar-refractivity contribution in [1.82, 2.24) is 25.7 Å². The van der Waals surface area contributed by atoms with E-state index in [0.29, 0.717) is 5.75 Å². The summed E-state index contributed by atoms with van der Waals surface area (Å²) < 4.78 is 13.2. The summed E-state index contributed by atoms with van der Waals surface area (Å²) in [5.41, 5.74) is 7.78. The molecule has 3 atom stereocenters. The van der Waals surface area contributed by atoms with Gasteiger partial charge in [-0.2, -0.15) is 5.10 Å². The fourth-order valence-electron chi connectivity index (χ4n) is 4.25. The third-order valence-corrected chi connectivity index (χ3v) is 6.71. The van der Waals surface area contributed by atoms with Crippen LogP contribution >= 0.6 is 11.8 Å². The number of amidine groups is 1. The first kappa shape index (κ1) is 17.8. The molecule has 0 spiro atoms. The highest BCUT2D eigenvalue weighted by Gasteiger charge is 2.44. The molecule has 2 fully saturated rings. The number of hydrogen-bond acceptors (Lipinski definition) is 7. The van der Waals surface area contributed by atoms with Crippen LogP contribution in [0.2, 0.25) is 0 Å². The summed E-state index contributed by atoms with van der Waals surface area (Å²) >= 11 is 1.49. The van der Waals surface area contributed by atoms with Gasteiger partial charge < -0.3 is 14.8 Å². The maximum atomic E-state index is 13.2. The zero-order valence-electron chi connectivity index (χ0n) is 15.4. The summed E-state index contributed by atoms with van der Waals surface area (Å²) in [6.07, 6.45) is 7.12. The van der Waals surface area contributed by atoms with E-state index in [2.05, 4.69) is 25.9 Å². The van der Waals surface area contributed by atoms with Gasteiger partial charge in [0.2, 0.25) is 5.91 Å². The number of benzene rings is 1. The summed E-state index contributed by atoms with van der Waals surface area (Å²) in [4.78, 5) is 16.4. The molecule has 0 radical (unpaired) electrons. The van der Waals surface area contributed by atoms with Gasteiger partial charge in [-0.05, 0) is 37.0 Å². The van der Waals surface area contributed by atoms with Crippen LogP contribution in [0.25, 0.3) is 0 Å². The van der Waals surface area contributed by atoms with Crippen molar-refractivity contribution < 1.29 is 9.18 Å². The van der Waals surface area contributed by atoms with Gasteiger partial charge in [-0.1, -0.05) is 23.9 Å². The van der Waals surface area contributed by atoms with E-state index in [0.717, 1.165) is 43.1 Å². The number of thioether (sulfide) groups is 1. The van der Waals surface area contributed by atoms with E-state index < -0.39 is 0 Å². The second kappa shape index (κ2) is 7.29. The van der Waals surface area contributed by atoms with Crippen molar-refractivity contribution in [3.63, 3.8) is 0 Å². The van der Waals surface area contributed by atoms with Crippen LogP contribution in [0.15, 0.2) is 41.8 Å². The van der Waals surface area contributed by atoms with Crippen LogP contribution in [0.5, 0.6) is 0 Å². The van der Waals surface area contributed by atoms with Crippen molar-refractivity contribution in [3.8, 4) is 0 Å². The first-order chi connectivity index (χ1) is 13.7. The second-order valence-corrected chi connectivity index (χ2v) is 8.44. The standard InChI is InChI=1S/C19H23FN6OS/c20-14-5-3-13(4-6-14)15-11-16-18-21-22-19(25(18)9-10-26(16)23-15)28-12-17(27)24-7-1-2-8-24/h3-6,9-10,15-16,18,21,23H,1-2,7-8,11-12H2. The lowest BCUT2D eigenvalue weighted by Crippen LogP contribution is -2.54. The number of amides is 1. The average Bonchev–Trinajstić information content (AvgIpc) is 3.44. The number of halogens is 1. The van der Waals surface area contributed by atoms with Gasteiger partial charge in [-0.25, -0.2) is 9.82 Å². The van der Waals surface area contributed by atoms with E-state index in [1.807, 2.05) is 29.4 Å². The van der Waals surface area contributed by atoms with Gasteiger partial charge in [-0.3, -0.25) is 10.2 Å². The molecule has 4 aliphatic rings. The predicted octanol–water partition coefficient (Wildman–Crippen LogP) is 1.79. The van der Waals surface area contributed by atoms with Crippen LogP contribution in [0, 0.1) is 5.82 Å². The number of nitrogens with one attached hydrogen (secondary N) is 2. The zero-order valence-corrected chi connectivity index (χ0v) is 16.2. The lowest BCUT2D eigenvalue weighted by atomic mass is 10.00. The van der Waals surface area contributed by atoms with Crippen molar-refractivity contribution in [2.24, 2.45) is 5.10 Å². The Bertz CT molecular complexity index is 809. The smallest absolute Gasteiger partial charge is 0.233 e. The van der Waals surface area contributed by atoms with Gasteiger partial charge in [0, 0.05) is 25.5 Å². The van der Waals surface area contributed by atoms with Crippen LogP contribution in [-0.4, -0.2) is 56.9 Å². The molecule has 4 heterocycles. The first-order valence-corrected chi connectivity index (χ1v) is 10.7. The van der Waals surface area contributed by atoms with Gasteiger partial charge in [0.25, 0.3) is 0 Å². The Morgan fingerprint density at radius 3 is 2.79 bits per heavy atom. The Kier molecular flexibility index (Phi) is 4.64. The Hall–Kier alpha value is -2.26. The van der Waals surface area contributed by atoms with Gasteiger partial charge in [0.05, 0.1) is 17.8 Å². The number of carbonyl (C=O) groups is 1. The van der Waals surface area contributed by atoms with Crippen molar-refractivity contribution in [1.29, 1.82) is 0 Å². The molecule has 5 rings (SSSR count). The molecule has 148 valence electrons. The average molecular weight is 402 g/mol. The number of fused-ring (bicyclic) bond motifs is 3. The van der Waals surface area contributed by atoms with Crippen molar-refractivity contribution in [3.05, 3.63) is 48.0 Å². The number of hydrazone groups is 1. The maximum Gasteiger partial charge on any atom is 0.233 e.